The minimum Gasteiger partial charge on any atom is -0.318 e. The zero-order chi connectivity index (χ0) is 20.5. The summed E-state index contributed by atoms with van der Waals surface area (Å²) in [5.41, 5.74) is 6.91. The van der Waals surface area contributed by atoms with Gasteiger partial charge in [-0.25, -0.2) is 4.39 Å². The van der Waals surface area contributed by atoms with E-state index in [1.807, 2.05) is 24.9 Å². The number of halogens is 1. The summed E-state index contributed by atoms with van der Waals surface area (Å²) in [6.07, 6.45) is 1.91. The molecule has 0 saturated heterocycles. The number of aliphatic imine (C=N–C) groups is 1. The second-order valence-corrected chi connectivity index (χ2v) is 8.54. The molecule has 1 unspecified atom stereocenters. The summed E-state index contributed by atoms with van der Waals surface area (Å²) in [4.78, 5) is 17.3. The van der Waals surface area contributed by atoms with Crippen LogP contribution in [-0.2, 0) is 12.8 Å². The van der Waals surface area contributed by atoms with Crippen LogP contribution in [0.25, 0.3) is 11.1 Å². The predicted octanol–water partition coefficient (Wildman–Crippen LogP) is 5.36. The van der Waals surface area contributed by atoms with Crippen molar-refractivity contribution >= 4 is 17.5 Å². The van der Waals surface area contributed by atoms with Gasteiger partial charge in [0.25, 0.3) is 5.56 Å². The first-order valence-electron chi connectivity index (χ1n) is 9.73. The molecule has 0 N–H and O–H groups in total. The number of thioether (sulfide) groups is 1. The Morgan fingerprint density at radius 2 is 1.83 bits per heavy atom. The lowest BCUT2D eigenvalue weighted by Gasteiger charge is -2.15. The van der Waals surface area contributed by atoms with Crippen LogP contribution in [0.5, 0.6) is 0 Å². The second kappa shape index (κ2) is 7.99. The molecule has 0 spiro atoms. The molecule has 3 nitrogen and oxygen atoms in total. The number of hydrogen-bond acceptors (Lipinski definition) is 3. The van der Waals surface area contributed by atoms with Gasteiger partial charge in [0, 0.05) is 41.8 Å². The van der Waals surface area contributed by atoms with Gasteiger partial charge in [0.15, 0.2) is 0 Å². The number of aromatic nitrogens is 1. The van der Waals surface area contributed by atoms with Crippen LogP contribution in [0.2, 0.25) is 0 Å². The maximum absolute atomic E-state index is 13.5. The molecule has 0 radical (unpaired) electrons. The van der Waals surface area contributed by atoms with Crippen LogP contribution in [-0.4, -0.2) is 16.0 Å². The predicted molar refractivity (Wildman–Crippen MR) is 119 cm³/mol. The van der Waals surface area contributed by atoms with E-state index in [0.717, 1.165) is 45.0 Å². The lowest BCUT2D eigenvalue weighted by molar-refractivity contribution is 0.628. The third-order valence-corrected chi connectivity index (χ3v) is 6.20. The molecule has 0 fully saturated rings. The first-order valence-corrected chi connectivity index (χ1v) is 10.9. The lowest BCUT2D eigenvalue weighted by Crippen LogP contribution is -2.17. The largest absolute Gasteiger partial charge is 0.318 e. The van der Waals surface area contributed by atoms with Crippen molar-refractivity contribution in [3.05, 3.63) is 93.2 Å². The van der Waals surface area contributed by atoms with Gasteiger partial charge >= 0.3 is 0 Å². The highest BCUT2D eigenvalue weighted by Crippen LogP contribution is 2.37. The van der Waals surface area contributed by atoms with Crippen molar-refractivity contribution in [2.24, 2.45) is 12.0 Å². The van der Waals surface area contributed by atoms with Crippen LogP contribution in [0.4, 0.5) is 4.39 Å². The van der Waals surface area contributed by atoms with E-state index < -0.39 is 0 Å². The van der Waals surface area contributed by atoms with Crippen molar-refractivity contribution in [1.29, 1.82) is 0 Å². The minimum atomic E-state index is -0.269. The van der Waals surface area contributed by atoms with Crippen LogP contribution in [0.3, 0.4) is 0 Å². The van der Waals surface area contributed by atoms with Crippen molar-refractivity contribution in [2.75, 3.05) is 5.75 Å². The Labute approximate surface area is 174 Å². The number of hydrogen-bond donors (Lipinski definition) is 0. The quantitative estimate of drug-likeness (QED) is 0.585. The van der Waals surface area contributed by atoms with E-state index in [1.165, 1.54) is 17.7 Å². The average molecular weight is 407 g/mol. The van der Waals surface area contributed by atoms with Gasteiger partial charge in [-0.2, -0.15) is 11.8 Å². The normalized spacial score (nSPS) is 15.3. The van der Waals surface area contributed by atoms with Crippen molar-refractivity contribution in [2.45, 2.75) is 25.6 Å². The Morgan fingerprint density at radius 3 is 2.55 bits per heavy atom. The van der Waals surface area contributed by atoms with E-state index in [1.54, 1.807) is 29.8 Å². The highest BCUT2D eigenvalue weighted by molar-refractivity contribution is 7.98. The molecule has 5 heteroatoms. The van der Waals surface area contributed by atoms with Gasteiger partial charge in [0.1, 0.15) is 5.82 Å². The molecule has 4 rings (SSSR count). The second-order valence-electron chi connectivity index (χ2n) is 7.27. The van der Waals surface area contributed by atoms with Crippen LogP contribution in [0, 0.1) is 5.82 Å². The van der Waals surface area contributed by atoms with Gasteiger partial charge < -0.3 is 4.57 Å². The maximum Gasteiger partial charge on any atom is 0.250 e. The number of fused-ring (bicyclic) bond motifs is 3. The Hall–Kier alpha value is -2.66. The molecule has 148 valence electrons. The van der Waals surface area contributed by atoms with Crippen molar-refractivity contribution < 1.29 is 4.39 Å². The Kier molecular flexibility index (Phi) is 5.41. The molecule has 1 aliphatic heterocycles. The lowest BCUT2D eigenvalue weighted by atomic mass is 9.91. The van der Waals surface area contributed by atoms with E-state index in [9.17, 15) is 9.18 Å². The summed E-state index contributed by atoms with van der Waals surface area (Å²) >= 11 is 1.88. The van der Waals surface area contributed by atoms with E-state index in [0.29, 0.717) is 0 Å². The van der Waals surface area contributed by atoms with E-state index in [4.69, 9.17) is 4.99 Å². The van der Waals surface area contributed by atoms with Crippen molar-refractivity contribution in [3.8, 4) is 11.1 Å². The van der Waals surface area contributed by atoms with E-state index in [-0.39, 0.29) is 17.4 Å². The van der Waals surface area contributed by atoms with Crippen LogP contribution in [0.1, 0.15) is 42.1 Å². The standard InChI is InChI=1S/C24H23FN2OS/c1-4-29-14-16-5-10-19-21(11-16)22-13-27(3)23(28)12-20(22)15(2)26-24(19)17-6-8-18(25)9-7-17/h5-13,15H,4,14H2,1-3H3. The van der Waals surface area contributed by atoms with Crippen LogP contribution < -0.4 is 5.56 Å². The Balaban J connectivity index is 1.98. The van der Waals surface area contributed by atoms with Crippen LogP contribution >= 0.6 is 11.8 Å². The van der Waals surface area contributed by atoms with E-state index >= 15 is 0 Å². The zero-order valence-electron chi connectivity index (χ0n) is 16.8. The summed E-state index contributed by atoms with van der Waals surface area (Å²) in [5.74, 6) is 1.72. The minimum absolute atomic E-state index is 0.0460. The van der Waals surface area contributed by atoms with Gasteiger partial charge in [0.2, 0.25) is 0 Å². The van der Waals surface area contributed by atoms with Gasteiger partial charge in [-0.1, -0.05) is 19.1 Å². The van der Waals surface area contributed by atoms with Crippen molar-refractivity contribution in [1.82, 2.24) is 4.57 Å². The maximum atomic E-state index is 13.5. The molecule has 0 saturated carbocycles. The zero-order valence-corrected chi connectivity index (χ0v) is 17.6. The number of aryl methyl sites for hydroxylation is 1. The summed E-state index contributed by atoms with van der Waals surface area (Å²) in [6.45, 7) is 4.15. The van der Waals surface area contributed by atoms with Gasteiger partial charge in [-0.3, -0.25) is 9.79 Å². The van der Waals surface area contributed by atoms with Gasteiger partial charge in [-0.15, -0.1) is 0 Å². The Morgan fingerprint density at radius 1 is 1.07 bits per heavy atom. The Bertz CT molecular complexity index is 1150. The monoisotopic (exact) mass is 406 g/mol. The number of nitrogens with zero attached hydrogens (tertiary/aromatic N) is 2. The summed E-state index contributed by atoms with van der Waals surface area (Å²) < 4.78 is 15.1. The van der Waals surface area contributed by atoms with Gasteiger partial charge in [-0.05, 0) is 59.7 Å². The fraction of sp³-hybridized carbons (Fsp3) is 0.250. The van der Waals surface area contributed by atoms with Crippen LogP contribution in [0.15, 0.2) is 64.5 Å². The summed E-state index contributed by atoms with van der Waals surface area (Å²) in [7, 11) is 1.77. The van der Waals surface area contributed by atoms with Gasteiger partial charge in [0.05, 0.1) is 11.8 Å². The fourth-order valence-corrected chi connectivity index (χ4v) is 4.34. The third kappa shape index (κ3) is 3.79. The SMILES string of the molecule is CCSCc1ccc2c(c1)-c1cn(C)c(=O)cc1C(C)N=C2c1ccc(F)cc1. The average Bonchev–Trinajstić information content (AvgIpc) is 2.83. The first-order chi connectivity index (χ1) is 14.0. The molecule has 2 heterocycles. The summed E-state index contributed by atoms with van der Waals surface area (Å²) in [5, 5.41) is 0. The molecule has 3 aromatic rings. The molecule has 1 aromatic heterocycles. The third-order valence-electron chi connectivity index (χ3n) is 5.25. The number of benzene rings is 2. The topological polar surface area (TPSA) is 34.4 Å². The molecule has 29 heavy (non-hydrogen) atoms. The first kappa shape index (κ1) is 19.6. The molecular formula is C24H23FN2OS. The fourth-order valence-electron chi connectivity index (χ4n) is 3.72. The highest BCUT2D eigenvalue weighted by atomic mass is 32.2. The van der Waals surface area contributed by atoms with E-state index in [2.05, 4.69) is 25.1 Å². The molecule has 1 atom stereocenters. The smallest absolute Gasteiger partial charge is 0.250 e. The molecule has 0 bridgehead atoms. The highest BCUT2D eigenvalue weighted by Gasteiger charge is 2.24. The molecule has 2 aromatic carbocycles. The number of pyridine rings is 1. The molecule has 0 amide bonds. The summed E-state index contributed by atoms with van der Waals surface area (Å²) in [6, 6.07) is 14.4. The molecular weight excluding hydrogens is 383 g/mol. The molecule has 0 aliphatic carbocycles. The molecule has 1 aliphatic rings. The number of rotatable bonds is 4. The van der Waals surface area contributed by atoms with Crippen molar-refractivity contribution in [3.63, 3.8) is 0 Å².